The topological polar surface area (TPSA) is 82.6 Å². The molecule has 1 saturated heterocycles. The standard InChI is InChI=1S/C16H26N4O3S/c1-5-7-12-10-20(24(4,22)23)11-14(12)18-16(21)13-8-6-9-17-15(13)19(2)3/h6,8-9,12,14H,5,7,10-11H2,1-4H3,(H,18,21)/t12-,14-/m0/s1. The van der Waals surface area contributed by atoms with Crippen molar-refractivity contribution in [3.05, 3.63) is 23.9 Å². The van der Waals surface area contributed by atoms with Gasteiger partial charge in [-0.2, -0.15) is 4.31 Å². The van der Waals surface area contributed by atoms with Gasteiger partial charge in [0, 0.05) is 39.4 Å². The fraction of sp³-hybridized carbons (Fsp3) is 0.625. The first-order valence-electron chi connectivity index (χ1n) is 8.12. The number of carbonyl (C=O) groups is 1. The van der Waals surface area contributed by atoms with Crippen molar-refractivity contribution in [2.75, 3.05) is 38.3 Å². The van der Waals surface area contributed by atoms with Crippen molar-refractivity contribution in [2.45, 2.75) is 25.8 Å². The van der Waals surface area contributed by atoms with Gasteiger partial charge in [0.05, 0.1) is 11.8 Å². The minimum Gasteiger partial charge on any atom is -0.362 e. The van der Waals surface area contributed by atoms with E-state index in [0.29, 0.717) is 24.5 Å². The highest BCUT2D eigenvalue weighted by molar-refractivity contribution is 7.88. The summed E-state index contributed by atoms with van der Waals surface area (Å²) in [4.78, 5) is 18.7. The van der Waals surface area contributed by atoms with E-state index in [4.69, 9.17) is 0 Å². The Bertz CT molecular complexity index is 690. The highest BCUT2D eigenvalue weighted by Gasteiger charge is 2.37. The maximum atomic E-state index is 12.7. The Balaban J connectivity index is 2.18. The molecule has 134 valence electrons. The Morgan fingerprint density at radius 2 is 2.12 bits per heavy atom. The van der Waals surface area contributed by atoms with Crippen molar-refractivity contribution in [3.63, 3.8) is 0 Å². The smallest absolute Gasteiger partial charge is 0.255 e. The van der Waals surface area contributed by atoms with Crippen molar-refractivity contribution < 1.29 is 13.2 Å². The van der Waals surface area contributed by atoms with Crippen LogP contribution < -0.4 is 10.2 Å². The van der Waals surface area contributed by atoms with Crippen molar-refractivity contribution in [1.29, 1.82) is 0 Å². The van der Waals surface area contributed by atoms with Gasteiger partial charge in [-0.3, -0.25) is 4.79 Å². The second kappa shape index (κ2) is 7.48. The molecule has 2 atom stereocenters. The summed E-state index contributed by atoms with van der Waals surface area (Å²) in [5, 5.41) is 3.02. The van der Waals surface area contributed by atoms with Crippen LogP contribution in [-0.2, 0) is 10.0 Å². The van der Waals surface area contributed by atoms with Gasteiger partial charge in [0.2, 0.25) is 10.0 Å². The van der Waals surface area contributed by atoms with E-state index in [1.165, 1.54) is 10.6 Å². The second-order valence-corrected chi connectivity index (χ2v) is 8.46. The lowest BCUT2D eigenvalue weighted by molar-refractivity contribution is 0.0930. The Labute approximate surface area is 144 Å². The predicted molar refractivity (Wildman–Crippen MR) is 94.6 cm³/mol. The first-order valence-corrected chi connectivity index (χ1v) is 9.97. The van der Waals surface area contributed by atoms with Crippen LogP contribution in [0.3, 0.4) is 0 Å². The number of rotatable bonds is 6. The number of hydrogen-bond donors (Lipinski definition) is 1. The third-order valence-electron chi connectivity index (χ3n) is 4.31. The quantitative estimate of drug-likeness (QED) is 0.822. The average Bonchev–Trinajstić information content (AvgIpc) is 2.90. The number of sulfonamides is 1. The van der Waals surface area contributed by atoms with Crippen LogP contribution in [0.1, 0.15) is 30.1 Å². The minimum atomic E-state index is -3.25. The monoisotopic (exact) mass is 354 g/mol. The van der Waals surface area contributed by atoms with Crippen LogP contribution in [0.5, 0.6) is 0 Å². The molecule has 1 aromatic heterocycles. The molecule has 1 fully saturated rings. The van der Waals surface area contributed by atoms with Gasteiger partial charge in [-0.05, 0) is 24.5 Å². The van der Waals surface area contributed by atoms with Gasteiger partial charge in [-0.15, -0.1) is 0 Å². The number of nitrogens with zero attached hydrogens (tertiary/aromatic N) is 3. The molecule has 1 amide bonds. The van der Waals surface area contributed by atoms with E-state index < -0.39 is 10.0 Å². The molecule has 1 aromatic rings. The Kier molecular flexibility index (Phi) is 5.82. The van der Waals surface area contributed by atoms with Gasteiger partial charge in [0.25, 0.3) is 5.91 Å². The Morgan fingerprint density at radius 3 is 2.71 bits per heavy atom. The molecule has 0 aromatic carbocycles. The lowest BCUT2D eigenvalue weighted by atomic mass is 9.98. The number of amides is 1. The largest absolute Gasteiger partial charge is 0.362 e. The molecule has 0 spiro atoms. The molecule has 1 aliphatic heterocycles. The molecular formula is C16H26N4O3S. The highest BCUT2D eigenvalue weighted by atomic mass is 32.2. The van der Waals surface area contributed by atoms with Gasteiger partial charge < -0.3 is 10.2 Å². The molecule has 2 rings (SSSR count). The summed E-state index contributed by atoms with van der Waals surface area (Å²) in [6, 6.07) is 3.28. The normalized spacial score (nSPS) is 21.7. The number of aromatic nitrogens is 1. The first kappa shape index (κ1) is 18.7. The highest BCUT2D eigenvalue weighted by Crippen LogP contribution is 2.24. The summed E-state index contributed by atoms with van der Waals surface area (Å²) in [6.45, 7) is 2.85. The average molecular weight is 354 g/mol. The molecule has 8 heteroatoms. The Hall–Kier alpha value is -1.67. The van der Waals surface area contributed by atoms with E-state index in [9.17, 15) is 13.2 Å². The lowest BCUT2D eigenvalue weighted by Gasteiger charge is -2.21. The van der Waals surface area contributed by atoms with E-state index >= 15 is 0 Å². The number of anilines is 1. The van der Waals surface area contributed by atoms with Gasteiger partial charge in [-0.25, -0.2) is 13.4 Å². The predicted octanol–water partition coefficient (Wildman–Crippen LogP) is 0.937. The summed E-state index contributed by atoms with van der Waals surface area (Å²) in [5.74, 6) is 0.515. The maximum absolute atomic E-state index is 12.7. The van der Waals surface area contributed by atoms with E-state index in [1.807, 2.05) is 14.1 Å². The van der Waals surface area contributed by atoms with Crippen LogP contribution in [0, 0.1) is 5.92 Å². The van der Waals surface area contributed by atoms with E-state index in [0.717, 1.165) is 12.8 Å². The molecule has 0 saturated carbocycles. The molecular weight excluding hydrogens is 328 g/mol. The molecule has 7 nitrogen and oxygen atoms in total. The van der Waals surface area contributed by atoms with Gasteiger partial charge >= 0.3 is 0 Å². The third-order valence-corrected chi connectivity index (χ3v) is 5.54. The molecule has 1 N–H and O–H groups in total. The lowest BCUT2D eigenvalue weighted by Crippen LogP contribution is -2.41. The van der Waals surface area contributed by atoms with Crippen LogP contribution in [0.4, 0.5) is 5.82 Å². The molecule has 0 aliphatic carbocycles. The summed E-state index contributed by atoms with van der Waals surface area (Å²) >= 11 is 0. The summed E-state index contributed by atoms with van der Waals surface area (Å²) in [7, 11) is 0.419. The van der Waals surface area contributed by atoms with Gasteiger partial charge in [-0.1, -0.05) is 13.3 Å². The van der Waals surface area contributed by atoms with Crippen molar-refractivity contribution in [3.8, 4) is 0 Å². The summed E-state index contributed by atoms with van der Waals surface area (Å²) in [6.07, 6.45) is 4.69. The van der Waals surface area contributed by atoms with Crippen LogP contribution >= 0.6 is 0 Å². The van der Waals surface area contributed by atoms with Crippen molar-refractivity contribution >= 4 is 21.7 Å². The number of carbonyl (C=O) groups excluding carboxylic acids is 1. The number of pyridine rings is 1. The van der Waals surface area contributed by atoms with Crippen LogP contribution in [0.25, 0.3) is 0 Å². The van der Waals surface area contributed by atoms with Crippen molar-refractivity contribution in [1.82, 2.24) is 14.6 Å². The summed E-state index contributed by atoms with van der Waals surface area (Å²) < 4.78 is 25.1. The summed E-state index contributed by atoms with van der Waals surface area (Å²) in [5.41, 5.74) is 0.496. The SMILES string of the molecule is CCC[C@H]1CN(S(C)(=O)=O)C[C@@H]1NC(=O)c1cccnc1N(C)C. The fourth-order valence-electron chi connectivity index (χ4n) is 3.11. The Morgan fingerprint density at radius 1 is 1.42 bits per heavy atom. The number of hydrogen-bond acceptors (Lipinski definition) is 5. The fourth-order valence-corrected chi connectivity index (χ4v) is 4.00. The van der Waals surface area contributed by atoms with E-state index in [1.54, 1.807) is 23.2 Å². The maximum Gasteiger partial charge on any atom is 0.255 e. The molecule has 2 heterocycles. The zero-order valence-electron chi connectivity index (χ0n) is 14.7. The number of nitrogens with one attached hydrogen (secondary N) is 1. The van der Waals surface area contributed by atoms with Crippen molar-refractivity contribution in [2.24, 2.45) is 5.92 Å². The van der Waals surface area contributed by atoms with Crippen LogP contribution in [-0.4, -0.2) is 63.1 Å². The first-order chi connectivity index (χ1) is 11.2. The second-order valence-electron chi connectivity index (χ2n) is 6.48. The van der Waals surface area contributed by atoms with Crippen LogP contribution in [0.2, 0.25) is 0 Å². The van der Waals surface area contributed by atoms with E-state index in [-0.39, 0.29) is 17.9 Å². The minimum absolute atomic E-state index is 0.133. The van der Waals surface area contributed by atoms with Gasteiger partial charge in [0.1, 0.15) is 5.82 Å². The molecule has 0 bridgehead atoms. The third kappa shape index (κ3) is 4.24. The molecule has 1 aliphatic rings. The molecule has 24 heavy (non-hydrogen) atoms. The zero-order valence-corrected chi connectivity index (χ0v) is 15.5. The van der Waals surface area contributed by atoms with Gasteiger partial charge in [0.15, 0.2) is 0 Å². The zero-order chi connectivity index (χ0) is 17.9. The molecule has 0 radical (unpaired) electrons. The molecule has 0 unspecified atom stereocenters. The van der Waals surface area contributed by atoms with E-state index in [2.05, 4.69) is 17.2 Å². The van der Waals surface area contributed by atoms with Crippen LogP contribution in [0.15, 0.2) is 18.3 Å².